The second-order valence-electron chi connectivity index (χ2n) is 6.33. The van der Waals surface area contributed by atoms with Crippen LogP contribution in [0.2, 0.25) is 0 Å². The van der Waals surface area contributed by atoms with E-state index in [0.717, 1.165) is 41.4 Å². The number of benzene rings is 1. The quantitative estimate of drug-likeness (QED) is 0.829. The van der Waals surface area contributed by atoms with E-state index < -0.39 is 0 Å². The lowest BCUT2D eigenvalue weighted by Gasteiger charge is -2.27. The second kappa shape index (κ2) is 8.86. The van der Waals surface area contributed by atoms with Crippen LogP contribution < -0.4 is 5.32 Å². The number of allylic oxidation sites excluding steroid dienone is 2. The number of aliphatic imine (C=N–C) groups is 1. The molecule has 0 amide bonds. The van der Waals surface area contributed by atoms with Crippen LogP contribution in [0, 0.1) is 18.8 Å². The Balaban J connectivity index is 1.78. The molecule has 4 nitrogen and oxygen atoms in total. The SMILES string of the molecule is CC#C/C(=C1/N=CC=C(NCCc2ccccn2)N1C)c1ccc(C)cc1. The highest BCUT2D eigenvalue weighted by molar-refractivity contribution is 5.84. The summed E-state index contributed by atoms with van der Waals surface area (Å²) in [5.74, 6) is 8.09. The molecular formula is C23H24N4. The number of rotatable bonds is 5. The maximum atomic E-state index is 4.59. The van der Waals surface area contributed by atoms with Gasteiger partial charge in [-0.2, -0.15) is 0 Å². The third-order valence-electron chi connectivity index (χ3n) is 4.34. The van der Waals surface area contributed by atoms with Gasteiger partial charge >= 0.3 is 0 Å². The van der Waals surface area contributed by atoms with Gasteiger partial charge in [0, 0.05) is 38.1 Å². The van der Waals surface area contributed by atoms with Crippen LogP contribution in [-0.4, -0.2) is 29.7 Å². The van der Waals surface area contributed by atoms with E-state index in [1.165, 1.54) is 5.56 Å². The molecule has 0 atom stereocenters. The van der Waals surface area contributed by atoms with Gasteiger partial charge in [-0.15, -0.1) is 5.92 Å². The summed E-state index contributed by atoms with van der Waals surface area (Å²) in [6.07, 6.45) is 6.49. The molecule has 0 bridgehead atoms. The molecule has 1 N–H and O–H groups in total. The molecule has 136 valence electrons. The average Bonchev–Trinajstić information content (AvgIpc) is 2.69. The first kappa shape index (κ1) is 18.5. The minimum atomic E-state index is 0.799. The lowest BCUT2D eigenvalue weighted by Crippen LogP contribution is -2.31. The lowest BCUT2D eigenvalue weighted by molar-refractivity contribution is 0.463. The Morgan fingerprint density at radius 3 is 2.67 bits per heavy atom. The smallest absolute Gasteiger partial charge is 0.150 e. The fourth-order valence-electron chi connectivity index (χ4n) is 2.87. The van der Waals surface area contributed by atoms with Crippen LogP contribution in [0.1, 0.15) is 23.7 Å². The molecule has 1 aliphatic heterocycles. The summed E-state index contributed by atoms with van der Waals surface area (Å²) >= 11 is 0. The van der Waals surface area contributed by atoms with Gasteiger partial charge in [0.1, 0.15) is 11.6 Å². The molecule has 27 heavy (non-hydrogen) atoms. The fraction of sp³-hybridized carbons (Fsp3) is 0.217. The van der Waals surface area contributed by atoms with Gasteiger partial charge in [-0.05, 0) is 37.6 Å². The standard InChI is InChI=1S/C23H24N4/c1-4-7-21(19-11-9-18(2)10-12-19)23-26-17-14-22(27(23)3)25-16-13-20-8-5-6-15-24-20/h5-6,8-12,14-15,17,25H,13,16H2,1-3H3/b23-21+. The zero-order valence-electron chi connectivity index (χ0n) is 16.0. The molecule has 0 unspecified atom stereocenters. The van der Waals surface area contributed by atoms with Crippen LogP contribution in [-0.2, 0) is 6.42 Å². The third-order valence-corrected chi connectivity index (χ3v) is 4.34. The predicted octanol–water partition coefficient (Wildman–Crippen LogP) is 3.77. The van der Waals surface area contributed by atoms with Crippen molar-refractivity contribution in [2.45, 2.75) is 20.3 Å². The summed E-state index contributed by atoms with van der Waals surface area (Å²) in [5, 5.41) is 3.48. The molecule has 0 aliphatic carbocycles. The van der Waals surface area contributed by atoms with Crippen molar-refractivity contribution in [1.29, 1.82) is 0 Å². The predicted molar refractivity (Wildman–Crippen MR) is 112 cm³/mol. The van der Waals surface area contributed by atoms with Gasteiger partial charge in [-0.1, -0.05) is 41.8 Å². The monoisotopic (exact) mass is 356 g/mol. The van der Waals surface area contributed by atoms with E-state index >= 15 is 0 Å². The van der Waals surface area contributed by atoms with Crippen molar-refractivity contribution in [2.75, 3.05) is 13.6 Å². The number of nitrogens with one attached hydrogen (secondary N) is 1. The summed E-state index contributed by atoms with van der Waals surface area (Å²) in [6.45, 7) is 4.73. The molecule has 2 heterocycles. The van der Waals surface area contributed by atoms with E-state index in [0.29, 0.717) is 0 Å². The van der Waals surface area contributed by atoms with Gasteiger partial charge in [-0.3, -0.25) is 4.98 Å². The highest BCUT2D eigenvalue weighted by Crippen LogP contribution is 2.25. The minimum absolute atomic E-state index is 0.799. The largest absolute Gasteiger partial charge is 0.371 e. The number of aryl methyl sites for hydroxylation is 1. The van der Waals surface area contributed by atoms with Crippen molar-refractivity contribution in [1.82, 2.24) is 15.2 Å². The van der Waals surface area contributed by atoms with Crippen LogP contribution in [0.25, 0.3) is 5.57 Å². The minimum Gasteiger partial charge on any atom is -0.371 e. The van der Waals surface area contributed by atoms with E-state index in [1.54, 1.807) is 0 Å². The van der Waals surface area contributed by atoms with Crippen molar-refractivity contribution in [3.05, 3.63) is 83.2 Å². The van der Waals surface area contributed by atoms with E-state index in [1.807, 2.05) is 50.7 Å². The zero-order chi connectivity index (χ0) is 19.1. The molecule has 1 aromatic heterocycles. The van der Waals surface area contributed by atoms with E-state index in [9.17, 15) is 0 Å². The van der Waals surface area contributed by atoms with Gasteiger partial charge in [0.05, 0.1) is 5.57 Å². The van der Waals surface area contributed by atoms with Crippen molar-refractivity contribution in [2.24, 2.45) is 4.99 Å². The normalized spacial score (nSPS) is 14.9. The summed E-state index contributed by atoms with van der Waals surface area (Å²) in [5.41, 5.74) is 4.30. The Bertz CT molecular complexity index is 926. The second-order valence-corrected chi connectivity index (χ2v) is 6.33. The Hall–Kier alpha value is -3.32. The van der Waals surface area contributed by atoms with Gasteiger partial charge in [0.15, 0.2) is 0 Å². The summed E-state index contributed by atoms with van der Waals surface area (Å²) in [6, 6.07) is 14.4. The summed E-state index contributed by atoms with van der Waals surface area (Å²) < 4.78 is 0. The first-order valence-corrected chi connectivity index (χ1v) is 9.05. The number of aromatic nitrogens is 1. The fourth-order valence-corrected chi connectivity index (χ4v) is 2.87. The van der Waals surface area contributed by atoms with Crippen LogP contribution in [0.15, 0.2) is 71.4 Å². The third kappa shape index (κ3) is 4.65. The Kier molecular flexibility index (Phi) is 6.06. The Morgan fingerprint density at radius 1 is 1.15 bits per heavy atom. The maximum absolute atomic E-state index is 4.59. The Labute approximate surface area is 161 Å². The van der Waals surface area contributed by atoms with Gasteiger partial charge < -0.3 is 10.2 Å². The first-order chi connectivity index (χ1) is 13.2. The van der Waals surface area contributed by atoms with Crippen LogP contribution >= 0.6 is 0 Å². The molecule has 0 saturated carbocycles. The molecule has 0 saturated heterocycles. The van der Waals surface area contributed by atoms with Crippen molar-refractivity contribution in [3.63, 3.8) is 0 Å². The van der Waals surface area contributed by atoms with Gasteiger partial charge in [-0.25, -0.2) is 4.99 Å². The molecule has 0 spiro atoms. The molecule has 2 aromatic rings. The lowest BCUT2D eigenvalue weighted by atomic mass is 10.0. The average molecular weight is 356 g/mol. The van der Waals surface area contributed by atoms with Crippen LogP contribution in [0.5, 0.6) is 0 Å². The van der Waals surface area contributed by atoms with Crippen LogP contribution in [0.4, 0.5) is 0 Å². The molecule has 3 rings (SSSR count). The van der Waals surface area contributed by atoms with Crippen LogP contribution in [0.3, 0.4) is 0 Å². The van der Waals surface area contributed by atoms with E-state index in [2.05, 4.69) is 63.2 Å². The molecule has 0 radical (unpaired) electrons. The topological polar surface area (TPSA) is 40.5 Å². The van der Waals surface area contributed by atoms with Crippen molar-refractivity contribution in [3.8, 4) is 11.8 Å². The summed E-state index contributed by atoms with van der Waals surface area (Å²) in [4.78, 5) is 11.0. The van der Waals surface area contributed by atoms with Crippen molar-refractivity contribution < 1.29 is 0 Å². The molecule has 0 fully saturated rings. The number of hydrogen-bond donors (Lipinski definition) is 1. The Morgan fingerprint density at radius 2 is 1.96 bits per heavy atom. The number of nitrogens with zero attached hydrogens (tertiary/aromatic N) is 3. The summed E-state index contributed by atoms with van der Waals surface area (Å²) in [7, 11) is 2.01. The van der Waals surface area contributed by atoms with E-state index in [4.69, 9.17) is 0 Å². The van der Waals surface area contributed by atoms with Crippen molar-refractivity contribution >= 4 is 11.8 Å². The van der Waals surface area contributed by atoms with Gasteiger partial charge in [0.25, 0.3) is 0 Å². The highest BCUT2D eigenvalue weighted by atomic mass is 15.3. The zero-order valence-corrected chi connectivity index (χ0v) is 16.0. The molecular weight excluding hydrogens is 332 g/mol. The molecule has 1 aliphatic rings. The number of hydrogen-bond acceptors (Lipinski definition) is 4. The van der Waals surface area contributed by atoms with Gasteiger partial charge in [0.2, 0.25) is 0 Å². The molecule has 4 heteroatoms. The number of pyridine rings is 1. The first-order valence-electron chi connectivity index (χ1n) is 9.05. The molecule has 1 aromatic carbocycles. The maximum Gasteiger partial charge on any atom is 0.150 e. The van der Waals surface area contributed by atoms with E-state index in [-0.39, 0.29) is 0 Å². The highest BCUT2D eigenvalue weighted by Gasteiger charge is 2.17.